The number of thioether (sulfide) groups is 1. The second-order valence-electron chi connectivity index (χ2n) is 6.67. The number of benzene rings is 1. The number of aryl methyl sites for hydroxylation is 1. The number of sulfonamides is 1. The van der Waals surface area contributed by atoms with Gasteiger partial charge in [0.05, 0.1) is 4.90 Å². The van der Waals surface area contributed by atoms with Gasteiger partial charge in [-0.1, -0.05) is 17.7 Å². The molecule has 1 fully saturated rings. The molecule has 0 radical (unpaired) electrons. The largest absolute Gasteiger partial charge is 0.480 e. The number of carbonyl (C=O) groups is 2. The van der Waals surface area contributed by atoms with Gasteiger partial charge in [-0.2, -0.15) is 16.1 Å². The highest BCUT2D eigenvalue weighted by molar-refractivity contribution is 7.98. The lowest BCUT2D eigenvalue weighted by Crippen LogP contribution is -2.47. The van der Waals surface area contributed by atoms with Crippen molar-refractivity contribution in [2.75, 3.05) is 25.1 Å². The summed E-state index contributed by atoms with van der Waals surface area (Å²) in [4.78, 5) is 23.9. The van der Waals surface area contributed by atoms with E-state index in [0.29, 0.717) is 25.0 Å². The first-order valence-electron chi connectivity index (χ1n) is 8.84. The van der Waals surface area contributed by atoms with Crippen molar-refractivity contribution in [3.63, 3.8) is 0 Å². The normalized spacial score (nSPS) is 17.4. The minimum absolute atomic E-state index is 0.247. The smallest absolute Gasteiger partial charge is 0.326 e. The minimum atomic E-state index is -3.57. The molecule has 2 rings (SSSR count). The van der Waals surface area contributed by atoms with Gasteiger partial charge in [0.25, 0.3) is 0 Å². The summed E-state index contributed by atoms with van der Waals surface area (Å²) in [6.45, 7) is 2.39. The molecule has 1 saturated heterocycles. The third kappa shape index (κ3) is 5.70. The van der Waals surface area contributed by atoms with E-state index in [-0.39, 0.29) is 29.8 Å². The molecule has 1 aromatic carbocycles. The third-order valence-corrected chi connectivity index (χ3v) is 7.27. The van der Waals surface area contributed by atoms with Crippen LogP contribution in [-0.4, -0.2) is 60.8 Å². The molecule has 0 aromatic heterocycles. The summed E-state index contributed by atoms with van der Waals surface area (Å²) in [7, 11) is -3.57. The van der Waals surface area contributed by atoms with Gasteiger partial charge < -0.3 is 10.4 Å². The molecule has 150 valence electrons. The van der Waals surface area contributed by atoms with Gasteiger partial charge in [0.2, 0.25) is 15.9 Å². The average molecular weight is 415 g/mol. The Bertz CT molecular complexity index is 756. The molecule has 1 aliphatic rings. The summed E-state index contributed by atoms with van der Waals surface area (Å²) in [6.07, 6.45) is 3.01. The number of hydrogen-bond acceptors (Lipinski definition) is 5. The van der Waals surface area contributed by atoms with E-state index in [0.717, 1.165) is 5.56 Å². The van der Waals surface area contributed by atoms with E-state index in [1.54, 1.807) is 24.3 Å². The van der Waals surface area contributed by atoms with Gasteiger partial charge in [0.1, 0.15) is 6.04 Å². The molecule has 1 amide bonds. The molecule has 1 aliphatic heterocycles. The maximum Gasteiger partial charge on any atom is 0.326 e. The first-order chi connectivity index (χ1) is 12.8. The van der Waals surface area contributed by atoms with E-state index in [1.807, 2.05) is 13.2 Å². The van der Waals surface area contributed by atoms with Crippen molar-refractivity contribution in [3.05, 3.63) is 29.8 Å². The van der Waals surface area contributed by atoms with Crippen LogP contribution in [0.3, 0.4) is 0 Å². The van der Waals surface area contributed by atoms with Crippen LogP contribution in [0.1, 0.15) is 24.8 Å². The number of piperidine rings is 1. The Hall–Kier alpha value is -1.58. The van der Waals surface area contributed by atoms with E-state index in [2.05, 4.69) is 5.32 Å². The Kier molecular flexibility index (Phi) is 7.69. The molecule has 7 nitrogen and oxygen atoms in total. The van der Waals surface area contributed by atoms with Crippen LogP contribution in [0.15, 0.2) is 29.2 Å². The number of amides is 1. The van der Waals surface area contributed by atoms with Crippen LogP contribution >= 0.6 is 11.8 Å². The number of carboxylic acids is 1. The molecular weight excluding hydrogens is 388 g/mol. The lowest BCUT2D eigenvalue weighted by Gasteiger charge is -2.31. The molecule has 9 heteroatoms. The molecule has 2 N–H and O–H groups in total. The number of nitrogens with zero attached hydrogens (tertiary/aromatic N) is 1. The average Bonchev–Trinajstić information content (AvgIpc) is 2.65. The van der Waals surface area contributed by atoms with Gasteiger partial charge in [-0.05, 0) is 50.3 Å². The Morgan fingerprint density at radius 3 is 2.37 bits per heavy atom. The number of rotatable bonds is 8. The monoisotopic (exact) mass is 414 g/mol. The summed E-state index contributed by atoms with van der Waals surface area (Å²) in [6, 6.07) is 5.79. The van der Waals surface area contributed by atoms with Gasteiger partial charge in [0, 0.05) is 19.0 Å². The standard InChI is InChI=1S/C18H26N2O5S2/c1-13-3-5-15(6-4-13)27(24,25)20-10-7-14(8-11-20)17(21)19-16(18(22)23)9-12-26-2/h3-6,14,16H,7-12H2,1-2H3,(H,19,21)(H,22,23)/t16-/m1/s1. The first-order valence-corrected chi connectivity index (χ1v) is 11.7. The van der Waals surface area contributed by atoms with Crippen LogP contribution in [0.5, 0.6) is 0 Å². The molecule has 1 heterocycles. The van der Waals surface area contributed by atoms with Crippen molar-refractivity contribution in [2.45, 2.75) is 37.1 Å². The van der Waals surface area contributed by atoms with Gasteiger partial charge in [-0.15, -0.1) is 0 Å². The molecule has 0 saturated carbocycles. The minimum Gasteiger partial charge on any atom is -0.480 e. The maximum atomic E-state index is 12.7. The van der Waals surface area contributed by atoms with Crippen LogP contribution in [0.4, 0.5) is 0 Å². The molecule has 1 atom stereocenters. The highest BCUT2D eigenvalue weighted by Crippen LogP contribution is 2.24. The molecule has 0 aliphatic carbocycles. The summed E-state index contributed by atoms with van der Waals surface area (Å²) in [5.41, 5.74) is 0.985. The molecular formula is C18H26N2O5S2. The SMILES string of the molecule is CSCC[C@@H](NC(=O)C1CCN(S(=O)(=O)c2ccc(C)cc2)CC1)C(=O)O. The number of hydrogen-bond donors (Lipinski definition) is 2. The van der Waals surface area contributed by atoms with E-state index in [1.165, 1.54) is 16.1 Å². The predicted molar refractivity (Wildman–Crippen MR) is 105 cm³/mol. The topological polar surface area (TPSA) is 104 Å². The molecule has 0 unspecified atom stereocenters. The zero-order valence-electron chi connectivity index (χ0n) is 15.6. The summed E-state index contributed by atoms with van der Waals surface area (Å²) < 4.78 is 26.8. The van der Waals surface area contributed by atoms with Crippen molar-refractivity contribution in [2.24, 2.45) is 5.92 Å². The molecule has 1 aromatic rings. The first kappa shape index (κ1) is 21.7. The number of nitrogens with one attached hydrogen (secondary N) is 1. The summed E-state index contributed by atoms with van der Waals surface area (Å²) in [5, 5.41) is 11.8. The highest BCUT2D eigenvalue weighted by atomic mass is 32.2. The predicted octanol–water partition coefficient (Wildman–Crippen LogP) is 1.72. The van der Waals surface area contributed by atoms with E-state index < -0.39 is 22.0 Å². The number of carboxylic acid groups (broad SMARTS) is 1. The third-order valence-electron chi connectivity index (χ3n) is 4.71. The zero-order chi connectivity index (χ0) is 20.0. The van der Waals surface area contributed by atoms with Crippen LogP contribution in [0.25, 0.3) is 0 Å². The molecule has 0 spiro atoms. The van der Waals surface area contributed by atoms with Gasteiger partial charge in [-0.3, -0.25) is 4.79 Å². The Balaban J connectivity index is 1.94. The number of aliphatic carboxylic acids is 1. The van der Waals surface area contributed by atoms with E-state index in [9.17, 15) is 23.1 Å². The quantitative estimate of drug-likeness (QED) is 0.671. The summed E-state index contributed by atoms with van der Waals surface area (Å²) >= 11 is 1.52. The van der Waals surface area contributed by atoms with Crippen LogP contribution in [0.2, 0.25) is 0 Å². The highest BCUT2D eigenvalue weighted by Gasteiger charge is 2.33. The second kappa shape index (κ2) is 9.57. The fraction of sp³-hybridized carbons (Fsp3) is 0.556. The van der Waals surface area contributed by atoms with Gasteiger partial charge in [-0.25, -0.2) is 13.2 Å². The lowest BCUT2D eigenvalue weighted by molar-refractivity contribution is -0.142. The van der Waals surface area contributed by atoms with Gasteiger partial charge in [0.15, 0.2) is 0 Å². The van der Waals surface area contributed by atoms with Crippen molar-refractivity contribution in [3.8, 4) is 0 Å². The fourth-order valence-corrected chi connectivity index (χ4v) is 4.94. The lowest BCUT2D eigenvalue weighted by atomic mass is 9.96. The van der Waals surface area contributed by atoms with Crippen molar-refractivity contribution in [1.82, 2.24) is 9.62 Å². The zero-order valence-corrected chi connectivity index (χ0v) is 17.2. The van der Waals surface area contributed by atoms with Crippen LogP contribution in [0, 0.1) is 12.8 Å². The van der Waals surface area contributed by atoms with Crippen molar-refractivity contribution < 1.29 is 23.1 Å². The molecule has 27 heavy (non-hydrogen) atoms. The maximum absolute atomic E-state index is 12.7. The Morgan fingerprint density at radius 1 is 1.26 bits per heavy atom. The fourth-order valence-electron chi connectivity index (χ4n) is 3.00. The van der Waals surface area contributed by atoms with E-state index in [4.69, 9.17) is 0 Å². The van der Waals surface area contributed by atoms with Crippen LogP contribution < -0.4 is 5.32 Å². The Labute approximate surface area is 164 Å². The second-order valence-corrected chi connectivity index (χ2v) is 9.60. The Morgan fingerprint density at radius 2 is 1.85 bits per heavy atom. The van der Waals surface area contributed by atoms with E-state index >= 15 is 0 Å². The number of carbonyl (C=O) groups excluding carboxylic acids is 1. The summed E-state index contributed by atoms with van der Waals surface area (Å²) in [5.74, 6) is -1.08. The van der Waals surface area contributed by atoms with Crippen molar-refractivity contribution >= 4 is 33.7 Å². The molecule has 0 bridgehead atoms. The van der Waals surface area contributed by atoms with Crippen molar-refractivity contribution in [1.29, 1.82) is 0 Å². The van der Waals surface area contributed by atoms with Gasteiger partial charge >= 0.3 is 5.97 Å². The van der Waals surface area contributed by atoms with Crippen LogP contribution in [-0.2, 0) is 19.6 Å².